The molecule has 0 bridgehead atoms. The zero-order valence-corrected chi connectivity index (χ0v) is 21.3. The summed E-state index contributed by atoms with van der Waals surface area (Å²) in [5.41, 5.74) is 3.05. The fourth-order valence-corrected chi connectivity index (χ4v) is 6.08. The first-order chi connectivity index (χ1) is 16.8. The van der Waals surface area contributed by atoms with Crippen LogP contribution in [-0.2, 0) is 14.8 Å². The quantitative estimate of drug-likeness (QED) is 0.642. The second kappa shape index (κ2) is 10.1. The molecule has 35 heavy (non-hydrogen) atoms. The lowest BCUT2D eigenvalue weighted by atomic mass is 9.94. The van der Waals surface area contributed by atoms with Gasteiger partial charge in [-0.15, -0.1) is 4.40 Å². The van der Waals surface area contributed by atoms with Gasteiger partial charge in [0.2, 0.25) is 5.91 Å². The van der Waals surface area contributed by atoms with E-state index in [2.05, 4.69) is 9.71 Å². The van der Waals surface area contributed by atoms with Crippen molar-refractivity contribution < 1.29 is 22.7 Å². The van der Waals surface area contributed by atoms with E-state index in [-0.39, 0.29) is 11.8 Å². The Morgan fingerprint density at radius 2 is 1.77 bits per heavy atom. The number of sulfonamides is 1. The second-order valence-corrected chi connectivity index (χ2v) is 10.3. The molecule has 1 fully saturated rings. The number of carbonyl (C=O) groups excluding carboxylic acids is 1. The summed E-state index contributed by atoms with van der Waals surface area (Å²) in [6.45, 7) is 5.02. The highest BCUT2D eigenvalue weighted by Crippen LogP contribution is 2.37. The maximum atomic E-state index is 13.0. The minimum absolute atomic E-state index is 0.0827. The van der Waals surface area contributed by atoms with E-state index in [9.17, 15) is 13.2 Å². The molecule has 0 radical (unpaired) electrons. The lowest BCUT2D eigenvalue weighted by Crippen LogP contribution is -2.41. The van der Waals surface area contributed by atoms with E-state index in [1.165, 1.54) is 0 Å². The number of nitrogens with one attached hydrogen (secondary N) is 1. The molecular formula is C26H31N3O5S. The molecule has 2 aliphatic rings. The Hall–Kier alpha value is -3.33. The summed E-state index contributed by atoms with van der Waals surface area (Å²) in [5.74, 6) is 1.41. The SMILES string of the molecule is CCC1=C(c2ccc(C)cc2)S(=O)(=O)N=C1N1CCC(C(=O)Nc2ccc(OC)cc2OC)CC1. The molecule has 2 aliphatic heterocycles. The minimum Gasteiger partial charge on any atom is -0.497 e. The third-order valence-corrected chi connectivity index (χ3v) is 7.92. The number of anilines is 1. The van der Waals surface area contributed by atoms with Gasteiger partial charge in [-0.2, -0.15) is 8.42 Å². The number of likely N-dealkylation sites (tertiary alicyclic amines) is 1. The predicted molar refractivity (Wildman–Crippen MR) is 137 cm³/mol. The van der Waals surface area contributed by atoms with Crippen molar-refractivity contribution in [3.05, 3.63) is 59.2 Å². The number of amides is 1. The summed E-state index contributed by atoms with van der Waals surface area (Å²) in [6.07, 6.45) is 1.75. The van der Waals surface area contributed by atoms with Crippen molar-refractivity contribution in [2.45, 2.75) is 33.1 Å². The normalized spacial score (nSPS) is 17.8. The second-order valence-electron chi connectivity index (χ2n) is 8.73. The fourth-order valence-electron chi connectivity index (χ4n) is 4.56. The van der Waals surface area contributed by atoms with E-state index in [4.69, 9.17) is 9.47 Å². The lowest BCUT2D eigenvalue weighted by molar-refractivity contribution is -0.121. The Kier molecular flexibility index (Phi) is 7.16. The number of carbonyl (C=O) groups is 1. The van der Waals surface area contributed by atoms with Crippen molar-refractivity contribution in [3.63, 3.8) is 0 Å². The van der Waals surface area contributed by atoms with Gasteiger partial charge in [-0.1, -0.05) is 36.8 Å². The van der Waals surface area contributed by atoms with Crippen LogP contribution in [0.25, 0.3) is 4.91 Å². The fraction of sp³-hybridized carbons (Fsp3) is 0.385. The monoisotopic (exact) mass is 497 g/mol. The average Bonchev–Trinajstić information content (AvgIpc) is 3.15. The van der Waals surface area contributed by atoms with Crippen molar-refractivity contribution in [2.24, 2.45) is 10.3 Å². The summed E-state index contributed by atoms with van der Waals surface area (Å²) < 4.78 is 40.7. The Morgan fingerprint density at radius 3 is 2.37 bits per heavy atom. The van der Waals surface area contributed by atoms with Crippen LogP contribution in [0.2, 0.25) is 0 Å². The van der Waals surface area contributed by atoms with Crippen molar-refractivity contribution in [2.75, 3.05) is 32.6 Å². The molecule has 1 saturated heterocycles. The maximum Gasteiger partial charge on any atom is 0.285 e. The smallest absolute Gasteiger partial charge is 0.285 e. The molecular weight excluding hydrogens is 466 g/mol. The van der Waals surface area contributed by atoms with Gasteiger partial charge in [0.15, 0.2) is 0 Å². The third kappa shape index (κ3) is 5.05. The molecule has 186 valence electrons. The van der Waals surface area contributed by atoms with E-state index in [1.54, 1.807) is 32.4 Å². The summed E-state index contributed by atoms with van der Waals surface area (Å²) in [7, 11) is -0.657. The van der Waals surface area contributed by atoms with Crippen molar-refractivity contribution in [3.8, 4) is 11.5 Å². The van der Waals surface area contributed by atoms with Crippen LogP contribution in [0.1, 0.15) is 37.3 Å². The van der Waals surface area contributed by atoms with Crippen molar-refractivity contribution in [1.82, 2.24) is 4.90 Å². The van der Waals surface area contributed by atoms with Crippen LogP contribution >= 0.6 is 0 Å². The first-order valence-electron chi connectivity index (χ1n) is 11.7. The number of ether oxygens (including phenoxy) is 2. The average molecular weight is 498 g/mol. The Labute approximate surface area is 206 Å². The molecule has 2 heterocycles. The number of piperidine rings is 1. The lowest BCUT2D eigenvalue weighted by Gasteiger charge is -2.33. The van der Waals surface area contributed by atoms with E-state index in [0.29, 0.717) is 65.8 Å². The molecule has 0 spiro atoms. The van der Waals surface area contributed by atoms with Gasteiger partial charge in [0.1, 0.15) is 22.2 Å². The molecule has 9 heteroatoms. The molecule has 0 saturated carbocycles. The van der Waals surface area contributed by atoms with Gasteiger partial charge in [0.05, 0.1) is 19.9 Å². The van der Waals surface area contributed by atoms with E-state index >= 15 is 0 Å². The zero-order chi connectivity index (χ0) is 25.2. The zero-order valence-electron chi connectivity index (χ0n) is 20.5. The van der Waals surface area contributed by atoms with E-state index < -0.39 is 10.0 Å². The van der Waals surface area contributed by atoms with Gasteiger partial charge in [0, 0.05) is 30.6 Å². The van der Waals surface area contributed by atoms with Gasteiger partial charge in [-0.3, -0.25) is 4.79 Å². The molecule has 0 aliphatic carbocycles. The first-order valence-corrected chi connectivity index (χ1v) is 13.1. The number of methoxy groups -OCH3 is 2. The number of amidine groups is 1. The molecule has 0 unspecified atom stereocenters. The van der Waals surface area contributed by atoms with Crippen LogP contribution in [0.3, 0.4) is 0 Å². The standard InChI is InChI=1S/C26H31N3O5S/c1-5-21-24(18-8-6-17(2)7-9-18)35(31,32)28-25(21)29-14-12-19(13-15-29)26(30)27-22-11-10-20(33-3)16-23(22)34-4/h6-11,16,19H,5,12-15H2,1-4H3,(H,27,30). The molecule has 1 amide bonds. The number of rotatable bonds is 6. The molecule has 8 nitrogen and oxygen atoms in total. The Bertz CT molecular complexity index is 1270. The van der Waals surface area contributed by atoms with Crippen LogP contribution in [0, 0.1) is 12.8 Å². The van der Waals surface area contributed by atoms with Crippen LogP contribution in [-0.4, -0.2) is 52.4 Å². The third-order valence-electron chi connectivity index (χ3n) is 6.51. The molecule has 4 rings (SSSR count). The molecule has 0 atom stereocenters. The van der Waals surface area contributed by atoms with Crippen LogP contribution in [0.5, 0.6) is 11.5 Å². The number of aryl methyl sites for hydroxylation is 1. The van der Waals surface area contributed by atoms with Gasteiger partial charge >= 0.3 is 0 Å². The highest BCUT2D eigenvalue weighted by atomic mass is 32.2. The summed E-state index contributed by atoms with van der Waals surface area (Å²) in [5, 5.41) is 2.96. The topological polar surface area (TPSA) is 97.3 Å². The van der Waals surface area contributed by atoms with Gasteiger partial charge in [-0.25, -0.2) is 0 Å². The highest BCUT2D eigenvalue weighted by Gasteiger charge is 2.36. The van der Waals surface area contributed by atoms with Gasteiger partial charge < -0.3 is 19.7 Å². The highest BCUT2D eigenvalue weighted by molar-refractivity contribution is 8.00. The summed E-state index contributed by atoms with van der Waals surface area (Å²) >= 11 is 0. The molecule has 2 aromatic carbocycles. The molecule has 1 N–H and O–H groups in total. The van der Waals surface area contributed by atoms with Crippen molar-refractivity contribution in [1.29, 1.82) is 0 Å². The number of hydrogen-bond acceptors (Lipinski definition) is 6. The number of hydrogen-bond donors (Lipinski definition) is 1. The van der Waals surface area contributed by atoms with Crippen LogP contribution < -0.4 is 14.8 Å². The Morgan fingerprint density at radius 1 is 1.09 bits per heavy atom. The number of nitrogens with zero attached hydrogens (tertiary/aromatic N) is 2. The van der Waals surface area contributed by atoms with E-state index in [0.717, 1.165) is 11.1 Å². The molecule has 0 aromatic heterocycles. The summed E-state index contributed by atoms with van der Waals surface area (Å²) in [6, 6.07) is 12.7. The Balaban J connectivity index is 1.47. The number of benzene rings is 2. The van der Waals surface area contributed by atoms with Crippen molar-refractivity contribution >= 4 is 32.4 Å². The van der Waals surface area contributed by atoms with Gasteiger partial charge in [-0.05, 0) is 43.9 Å². The van der Waals surface area contributed by atoms with E-state index in [1.807, 2.05) is 43.0 Å². The molecule has 2 aromatic rings. The van der Waals surface area contributed by atoms with Crippen LogP contribution in [0.4, 0.5) is 5.69 Å². The first kappa shape index (κ1) is 24.8. The maximum absolute atomic E-state index is 13.0. The largest absolute Gasteiger partial charge is 0.497 e. The van der Waals surface area contributed by atoms with Crippen LogP contribution in [0.15, 0.2) is 52.4 Å². The minimum atomic E-state index is -3.77. The predicted octanol–water partition coefficient (Wildman–Crippen LogP) is 4.23. The summed E-state index contributed by atoms with van der Waals surface area (Å²) in [4.78, 5) is 15.2. The van der Waals surface area contributed by atoms with Gasteiger partial charge in [0.25, 0.3) is 10.0 Å².